The Bertz CT molecular complexity index is 812. The fraction of sp³-hybridized carbons (Fsp3) is 0.429. The second kappa shape index (κ2) is 6.88. The van der Waals surface area contributed by atoms with E-state index in [1.807, 2.05) is 0 Å². The Labute approximate surface area is 157 Å². The van der Waals surface area contributed by atoms with E-state index in [4.69, 9.17) is 4.74 Å². The van der Waals surface area contributed by atoms with Crippen molar-refractivity contribution in [2.75, 3.05) is 7.11 Å². The van der Waals surface area contributed by atoms with Crippen LogP contribution in [0.4, 0.5) is 0 Å². The first-order valence-electron chi connectivity index (χ1n) is 9.14. The van der Waals surface area contributed by atoms with Crippen LogP contribution in [0.2, 0.25) is 0 Å². The minimum atomic E-state index is -0.380. The lowest BCUT2D eigenvalue weighted by Gasteiger charge is -2.39. The number of hydrogen-bond donors (Lipinski definition) is 0. The highest BCUT2D eigenvalue weighted by Gasteiger charge is 2.44. The second-order valence-corrected chi connectivity index (χ2v) is 8.42. The van der Waals surface area contributed by atoms with Crippen molar-refractivity contribution < 1.29 is 14.3 Å². The quantitative estimate of drug-likeness (QED) is 0.754. The normalized spacial score (nSPS) is 24.5. The summed E-state index contributed by atoms with van der Waals surface area (Å²) in [5, 5.41) is 0. The summed E-state index contributed by atoms with van der Waals surface area (Å²) in [7, 11) is 1.36. The van der Waals surface area contributed by atoms with Crippen LogP contribution in [0.3, 0.4) is 0 Å². The number of nitrogens with zero attached hydrogens (tertiary/aromatic N) is 1. The van der Waals surface area contributed by atoms with Gasteiger partial charge >= 0.3 is 5.97 Å². The number of amides is 1. The van der Waals surface area contributed by atoms with Gasteiger partial charge in [-0.2, -0.15) is 0 Å². The molecular weight excluding hydrogens is 346 g/mol. The molecule has 2 aromatic rings. The lowest BCUT2D eigenvalue weighted by atomic mass is 9.84. The minimum Gasteiger partial charge on any atom is -0.465 e. The first kappa shape index (κ1) is 17.3. The number of aryl methyl sites for hydroxylation is 1. The molecule has 26 heavy (non-hydrogen) atoms. The summed E-state index contributed by atoms with van der Waals surface area (Å²) in [6, 6.07) is 12.9. The van der Waals surface area contributed by atoms with Gasteiger partial charge in [-0.1, -0.05) is 29.8 Å². The zero-order chi connectivity index (χ0) is 18.3. The number of benzene rings is 1. The first-order chi connectivity index (χ1) is 12.6. The van der Waals surface area contributed by atoms with E-state index in [2.05, 4.69) is 36.1 Å². The lowest BCUT2D eigenvalue weighted by molar-refractivity contribution is 0.0575. The van der Waals surface area contributed by atoms with Gasteiger partial charge in [0.2, 0.25) is 0 Å². The number of esters is 1. The molecule has 0 N–H and O–H groups in total. The Hall–Kier alpha value is -2.14. The highest BCUT2D eigenvalue weighted by atomic mass is 32.1. The molecule has 2 saturated heterocycles. The Kier molecular flexibility index (Phi) is 4.57. The van der Waals surface area contributed by atoms with Gasteiger partial charge in [0.25, 0.3) is 5.91 Å². The zero-order valence-electron chi connectivity index (χ0n) is 15.1. The van der Waals surface area contributed by atoms with Crippen LogP contribution in [0.15, 0.2) is 36.4 Å². The van der Waals surface area contributed by atoms with Gasteiger partial charge in [-0.25, -0.2) is 4.79 Å². The van der Waals surface area contributed by atoms with Crippen LogP contribution in [0.5, 0.6) is 0 Å². The number of rotatable bonds is 3. The number of hydrogen-bond acceptors (Lipinski definition) is 4. The third kappa shape index (κ3) is 3.05. The molecule has 1 amide bonds. The molecule has 2 atom stereocenters. The molecule has 2 aliphatic rings. The topological polar surface area (TPSA) is 46.6 Å². The molecule has 1 aromatic carbocycles. The van der Waals surface area contributed by atoms with Crippen LogP contribution in [-0.2, 0) is 4.74 Å². The molecule has 3 heterocycles. The van der Waals surface area contributed by atoms with Gasteiger partial charge in [-0.05, 0) is 56.2 Å². The number of thiophene rings is 1. The Morgan fingerprint density at radius 2 is 1.62 bits per heavy atom. The van der Waals surface area contributed by atoms with Crippen LogP contribution in [-0.4, -0.2) is 36.0 Å². The smallest absolute Gasteiger partial charge is 0.348 e. The summed E-state index contributed by atoms with van der Waals surface area (Å²) in [4.78, 5) is 27.9. The Morgan fingerprint density at radius 1 is 1.00 bits per heavy atom. The van der Waals surface area contributed by atoms with Crippen molar-refractivity contribution >= 4 is 23.2 Å². The standard InChI is InChI=1S/C21H23NO3S/c1-13-3-5-14(6-4-13)15-11-16-7-8-17(12-15)22(16)20(23)18-9-10-19(26-18)21(24)25-2/h3-6,9-10,15-17H,7-8,11-12H2,1-2H3/t16-,17-/m1/s1. The van der Waals surface area contributed by atoms with Crippen LogP contribution in [0.25, 0.3) is 0 Å². The number of methoxy groups -OCH3 is 1. The highest BCUT2D eigenvalue weighted by molar-refractivity contribution is 7.15. The largest absolute Gasteiger partial charge is 0.465 e. The Morgan fingerprint density at radius 3 is 2.23 bits per heavy atom. The average Bonchev–Trinajstić information content (AvgIpc) is 3.24. The molecule has 0 radical (unpaired) electrons. The summed E-state index contributed by atoms with van der Waals surface area (Å²) in [6.45, 7) is 2.11. The van der Waals surface area contributed by atoms with Crippen molar-refractivity contribution in [1.29, 1.82) is 0 Å². The lowest BCUT2D eigenvalue weighted by Crippen LogP contribution is -2.45. The van der Waals surface area contributed by atoms with Crippen LogP contribution in [0.1, 0.15) is 62.1 Å². The van der Waals surface area contributed by atoms with E-state index in [0.717, 1.165) is 25.7 Å². The van der Waals surface area contributed by atoms with E-state index < -0.39 is 0 Å². The van der Waals surface area contributed by atoms with Crippen molar-refractivity contribution in [3.63, 3.8) is 0 Å². The van der Waals surface area contributed by atoms with E-state index in [0.29, 0.717) is 27.8 Å². The van der Waals surface area contributed by atoms with Crippen molar-refractivity contribution in [3.05, 3.63) is 57.3 Å². The predicted molar refractivity (Wildman–Crippen MR) is 102 cm³/mol. The molecule has 0 aliphatic carbocycles. The summed E-state index contributed by atoms with van der Waals surface area (Å²) in [5.41, 5.74) is 2.67. The first-order valence-corrected chi connectivity index (χ1v) is 9.96. The SMILES string of the molecule is COC(=O)c1ccc(C(=O)N2[C@@H]3CC[C@@H]2CC(c2ccc(C)cc2)C3)s1. The number of piperidine rings is 1. The van der Waals surface area contributed by atoms with E-state index >= 15 is 0 Å². The van der Waals surface area contributed by atoms with Crippen molar-refractivity contribution in [3.8, 4) is 0 Å². The third-order valence-electron chi connectivity index (χ3n) is 5.72. The van der Waals surface area contributed by atoms with Gasteiger partial charge in [0.1, 0.15) is 4.88 Å². The van der Waals surface area contributed by atoms with Crippen molar-refractivity contribution in [1.82, 2.24) is 4.90 Å². The molecule has 1 aromatic heterocycles. The minimum absolute atomic E-state index is 0.0695. The van der Waals surface area contributed by atoms with Gasteiger partial charge < -0.3 is 9.64 Å². The van der Waals surface area contributed by atoms with Gasteiger partial charge in [0, 0.05) is 12.1 Å². The van der Waals surface area contributed by atoms with E-state index in [-0.39, 0.29) is 11.9 Å². The fourth-order valence-corrected chi connectivity index (χ4v) is 5.28. The molecule has 0 unspecified atom stereocenters. The summed E-state index contributed by atoms with van der Waals surface area (Å²) < 4.78 is 4.75. The molecule has 5 heteroatoms. The number of ether oxygens (including phenoxy) is 1. The highest BCUT2D eigenvalue weighted by Crippen LogP contribution is 2.44. The third-order valence-corrected chi connectivity index (χ3v) is 6.77. The molecule has 2 aliphatic heterocycles. The monoisotopic (exact) mass is 369 g/mol. The van der Waals surface area contributed by atoms with E-state index in [1.54, 1.807) is 12.1 Å². The molecule has 0 saturated carbocycles. The average molecular weight is 369 g/mol. The van der Waals surface area contributed by atoms with Gasteiger partial charge in [0.15, 0.2) is 0 Å². The zero-order valence-corrected chi connectivity index (χ0v) is 15.9. The molecule has 4 nitrogen and oxygen atoms in total. The molecule has 2 fully saturated rings. The predicted octanol–water partition coefficient (Wildman–Crippen LogP) is 4.39. The summed E-state index contributed by atoms with van der Waals surface area (Å²) in [6.07, 6.45) is 4.21. The number of fused-ring (bicyclic) bond motifs is 2. The van der Waals surface area contributed by atoms with Crippen molar-refractivity contribution in [2.45, 2.75) is 50.6 Å². The maximum atomic E-state index is 13.1. The molecule has 136 valence electrons. The summed E-state index contributed by atoms with van der Waals surface area (Å²) in [5.74, 6) is 0.223. The maximum Gasteiger partial charge on any atom is 0.348 e. The van der Waals surface area contributed by atoms with Crippen LogP contribution >= 0.6 is 11.3 Å². The maximum absolute atomic E-state index is 13.1. The van der Waals surface area contributed by atoms with Gasteiger partial charge in [0.05, 0.1) is 12.0 Å². The van der Waals surface area contributed by atoms with Crippen LogP contribution < -0.4 is 0 Å². The second-order valence-electron chi connectivity index (χ2n) is 7.33. The molecular formula is C21H23NO3S. The molecule has 4 rings (SSSR count). The van der Waals surface area contributed by atoms with Gasteiger partial charge in [-0.15, -0.1) is 11.3 Å². The summed E-state index contributed by atoms with van der Waals surface area (Å²) >= 11 is 1.23. The number of carbonyl (C=O) groups is 2. The van der Waals surface area contributed by atoms with E-state index in [9.17, 15) is 9.59 Å². The molecule has 0 spiro atoms. The van der Waals surface area contributed by atoms with Gasteiger partial charge in [-0.3, -0.25) is 4.79 Å². The molecule has 2 bridgehead atoms. The Balaban J connectivity index is 1.51. The number of carbonyl (C=O) groups excluding carboxylic acids is 2. The fourth-order valence-electron chi connectivity index (χ4n) is 4.41. The van der Waals surface area contributed by atoms with Crippen molar-refractivity contribution in [2.24, 2.45) is 0 Å². The van der Waals surface area contributed by atoms with Crippen LogP contribution in [0, 0.1) is 6.92 Å². The van der Waals surface area contributed by atoms with E-state index in [1.165, 1.54) is 29.6 Å².